The van der Waals surface area contributed by atoms with Crippen LogP contribution in [-0.2, 0) is 0 Å². The highest BCUT2D eigenvalue weighted by Crippen LogP contribution is 1.98. The minimum atomic E-state index is -0.141. The molecule has 1 amide bonds. The van der Waals surface area contributed by atoms with Crippen LogP contribution in [0.2, 0.25) is 0 Å². The average Bonchev–Trinajstić information content (AvgIpc) is 2.18. The molecule has 0 aliphatic carbocycles. The molecular weight excluding hydrogens is 202 g/mol. The number of hydrogen-bond acceptors (Lipinski definition) is 3. The summed E-state index contributed by atoms with van der Waals surface area (Å²) in [5.41, 5.74) is 0.516. The van der Waals surface area contributed by atoms with Crippen LogP contribution in [0.3, 0.4) is 0 Å². The van der Waals surface area contributed by atoms with Gasteiger partial charge in [0.2, 0.25) is 0 Å². The fourth-order valence-corrected chi connectivity index (χ4v) is 1.02. The number of rotatable bonds is 4. The van der Waals surface area contributed by atoms with Crippen LogP contribution in [0.4, 0.5) is 0 Å². The first-order valence-corrected chi connectivity index (χ1v) is 4.83. The molecule has 1 atom stereocenters. The fourth-order valence-electron chi connectivity index (χ4n) is 0.912. The monoisotopic (exact) mass is 213 g/mol. The van der Waals surface area contributed by atoms with Crippen molar-refractivity contribution in [2.45, 2.75) is 18.7 Å². The van der Waals surface area contributed by atoms with Crippen molar-refractivity contribution in [1.82, 2.24) is 15.5 Å². The Kier molecular flexibility index (Phi) is 4.32. The van der Waals surface area contributed by atoms with Gasteiger partial charge in [-0.05, 0) is 19.4 Å². The van der Waals surface area contributed by atoms with Gasteiger partial charge < -0.3 is 5.32 Å². The van der Waals surface area contributed by atoms with Crippen LogP contribution >= 0.6 is 11.6 Å². The number of carbonyl (C=O) groups excluding carboxylic acids is 1. The van der Waals surface area contributed by atoms with Crippen molar-refractivity contribution in [3.63, 3.8) is 0 Å². The summed E-state index contributed by atoms with van der Waals surface area (Å²) in [5.74, 6) is -0.141. The Hall–Kier alpha value is -1.16. The summed E-state index contributed by atoms with van der Waals surface area (Å²) in [7, 11) is 0. The lowest BCUT2D eigenvalue weighted by Crippen LogP contribution is -2.25. The molecule has 4 nitrogen and oxygen atoms in total. The van der Waals surface area contributed by atoms with Gasteiger partial charge in [0.1, 0.15) is 0 Å². The van der Waals surface area contributed by atoms with Crippen molar-refractivity contribution in [3.05, 3.63) is 24.0 Å². The Labute approximate surface area is 87.7 Å². The van der Waals surface area contributed by atoms with Gasteiger partial charge >= 0.3 is 0 Å². The summed E-state index contributed by atoms with van der Waals surface area (Å²) in [6, 6.07) is 1.62. The van der Waals surface area contributed by atoms with Gasteiger partial charge in [-0.25, -0.2) is 0 Å². The molecule has 0 aliphatic heterocycles. The highest BCUT2D eigenvalue weighted by molar-refractivity contribution is 6.20. The summed E-state index contributed by atoms with van der Waals surface area (Å²) in [6.07, 6.45) is 3.67. The first-order chi connectivity index (χ1) is 6.70. The van der Waals surface area contributed by atoms with Gasteiger partial charge in [0.15, 0.2) is 0 Å². The summed E-state index contributed by atoms with van der Waals surface area (Å²) in [6.45, 7) is 2.47. The quantitative estimate of drug-likeness (QED) is 0.766. The molecule has 1 heterocycles. The zero-order chi connectivity index (χ0) is 10.4. The predicted octanol–water partition coefficient (Wildman–Crippen LogP) is 1.22. The summed E-state index contributed by atoms with van der Waals surface area (Å²) >= 11 is 5.73. The lowest BCUT2D eigenvalue weighted by molar-refractivity contribution is 0.0952. The molecule has 1 unspecified atom stereocenters. The van der Waals surface area contributed by atoms with Crippen molar-refractivity contribution in [1.29, 1.82) is 0 Å². The van der Waals surface area contributed by atoms with Crippen molar-refractivity contribution >= 4 is 17.5 Å². The van der Waals surface area contributed by atoms with E-state index in [2.05, 4.69) is 15.5 Å². The van der Waals surface area contributed by atoms with E-state index in [1.54, 1.807) is 6.07 Å². The van der Waals surface area contributed by atoms with Crippen LogP contribution in [-0.4, -0.2) is 28.0 Å². The Bertz CT molecular complexity index is 289. The molecule has 0 saturated heterocycles. The van der Waals surface area contributed by atoms with E-state index in [1.807, 2.05) is 6.92 Å². The van der Waals surface area contributed by atoms with Crippen LogP contribution in [0.1, 0.15) is 23.7 Å². The molecule has 1 aromatic rings. The molecular formula is C9H12ClN3O. The lowest BCUT2D eigenvalue weighted by Gasteiger charge is -2.05. The van der Waals surface area contributed by atoms with Gasteiger partial charge in [-0.15, -0.1) is 11.6 Å². The highest BCUT2D eigenvalue weighted by Gasteiger charge is 2.04. The van der Waals surface area contributed by atoms with E-state index in [1.165, 1.54) is 12.4 Å². The highest BCUT2D eigenvalue weighted by atomic mass is 35.5. The van der Waals surface area contributed by atoms with E-state index in [0.29, 0.717) is 12.1 Å². The van der Waals surface area contributed by atoms with Crippen LogP contribution in [0.5, 0.6) is 0 Å². The maximum Gasteiger partial charge on any atom is 0.252 e. The topological polar surface area (TPSA) is 54.9 Å². The molecule has 14 heavy (non-hydrogen) atoms. The van der Waals surface area contributed by atoms with Crippen LogP contribution < -0.4 is 5.32 Å². The smallest absolute Gasteiger partial charge is 0.252 e. The third-order valence-electron chi connectivity index (χ3n) is 1.67. The van der Waals surface area contributed by atoms with Gasteiger partial charge in [-0.3, -0.25) is 4.79 Å². The number of nitrogens with zero attached hydrogens (tertiary/aromatic N) is 2. The molecule has 1 N–H and O–H groups in total. The minimum absolute atomic E-state index is 0.0749. The molecule has 5 heteroatoms. The second-order valence-electron chi connectivity index (χ2n) is 2.96. The Balaban J connectivity index is 2.36. The van der Waals surface area contributed by atoms with E-state index in [0.717, 1.165) is 6.42 Å². The molecule has 0 fully saturated rings. The number of hydrogen-bond donors (Lipinski definition) is 1. The average molecular weight is 214 g/mol. The van der Waals surface area contributed by atoms with Crippen molar-refractivity contribution in [2.75, 3.05) is 6.54 Å². The minimum Gasteiger partial charge on any atom is -0.352 e. The van der Waals surface area contributed by atoms with Crippen molar-refractivity contribution < 1.29 is 4.79 Å². The van der Waals surface area contributed by atoms with Gasteiger partial charge in [0, 0.05) is 11.9 Å². The summed E-state index contributed by atoms with van der Waals surface area (Å²) in [4.78, 5) is 11.4. The molecule has 0 radical (unpaired) electrons. The lowest BCUT2D eigenvalue weighted by atomic mass is 10.3. The summed E-state index contributed by atoms with van der Waals surface area (Å²) in [5, 5.41) is 10.0. The second-order valence-corrected chi connectivity index (χ2v) is 3.70. The molecule has 0 saturated carbocycles. The molecule has 1 rings (SSSR count). The number of halogens is 1. The van der Waals surface area contributed by atoms with E-state index < -0.39 is 0 Å². The molecule has 0 aromatic carbocycles. The Morgan fingerprint density at radius 1 is 1.64 bits per heavy atom. The normalized spacial score (nSPS) is 12.1. The fraction of sp³-hybridized carbons (Fsp3) is 0.444. The van der Waals surface area contributed by atoms with Crippen LogP contribution in [0, 0.1) is 0 Å². The van der Waals surface area contributed by atoms with Crippen molar-refractivity contribution in [3.8, 4) is 0 Å². The van der Waals surface area contributed by atoms with E-state index in [9.17, 15) is 4.79 Å². The third-order valence-corrected chi connectivity index (χ3v) is 1.89. The Morgan fingerprint density at radius 3 is 3.00 bits per heavy atom. The number of amides is 1. The summed E-state index contributed by atoms with van der Waals surface area (Å²) < 4.78 is 0. The van der Waals surface area contributed by atoms with E-state index in [4.69, 9.17) is 11.6 Å². The molecule has 0 spiro atoms. The van der Waals surface area contributed by atoms with Gasteiger partial charge in [-0.1, -0.05) is 0 Å². The zero-order valence-corrected chi connectivity index (χ0v) is 8.66. The largest absolute Gasteiger partial charge is 0.352 e. The maximum absolute atomic E-state index is 11.4. The first kappa shape index (κ1) is 10.9. The number of alkyl halides is 1. The number of aromatic nitrogens is 2. The van der Waals surface area contributed by atoms with Crippen molar-refractivity contribution in [2.24, 2.45) is 0 Å². The van der Waals surface area contributed by atoms with Gasteiger partial charge in [-0.2, -0.15) is 10.2 Å². The second kappa shape index (κ2) is 5.54. The van der Waals surface area contributed by atoms with E-state index >= 15 is 0 Å². The van der Waals surface area contributed by atoms with Crippen LogP contribution in [0.15, 0.2) is 18.5 Å². The molecule has 1 aromatic heterocycles. The predicted molar refractivity (Wildman–Crippen MR) is 54.3 cm³/mol. The first-order valence-electron chi connectivity index (χ1n) is 4.39. The molecule has 76 valence electrons. The molecule has 0 aliphatic rings. The maximum atomic E-state index is 11.4. The Morgan fingerprint density at radius 2 is 2.43 bits per heavy atom. The number of nitrogens with one attached hydrogen (secondary N) is 1. The van der Waals surface area contributed by atoms with Gasteiger partial charge in [0.05, 0.1) is 18.0 Å². The zero-order valence-electron chi connectivity index (χ0n) is 7.90. The standard InChI is InChI=1S/C9H12ClN3O/c1-7(10)2-4-11-9(14)8-3-5-12-13-6-8/h3,5-7H,2,4H2,1H3,(H,11,14). The molecule has 0 bridgehead atoms. The van der Waals surface area contributed by atoms with E-state index in [-0.39, 0.29) is 11.3 Å². The van der Waals surface area contributed by atoms with Gasteiger partial charge in [0.25, 0.3) is 5.91 Å². The SMILES string of the molecule is CC(Cl)CCNC(=O)c1ccnnc1. The third kappa shape index (κ3) is 3.70. The number of carbonyl (C=O) groups is 1. The van der Waals surface area contributed by atoms with Crippen LogP contribution in [0.25, 0.3) is 0 Å².